The predicted octanol–water partition coefficient (Wildman–Crippen LogP) is 3.38. The fraction of sp³-hybridized carbons (Fsp3) is 0.538. The second-order valence-electron chi connectivity index (χ2n) is 5.30. The van der Waals surface area contributed by atoms with Crippen molar-refractivity contribution in [2.45, 2.75) is 43.0 Å². The highest BCUT2D eigenvalue weighted by molar-refractivity contribution is 7.89. The molecule has 4 nitrogen and oxygen atoms in total. The zero-order valence-corrected chi connectivity index (χ0v) is 13.2. The van der Waals surface area contributed by atoms with Crippen molar-refractivity contribution in [2.75, 3.05) is 11.6 Å². The zero-order valence-electron chi connectivity index (χ0n) is 10.9. The summed E-state index contributed by atoms with van der Waals surface area (Å²) in [6.07, 6.45) is 5.79. The summed E-state index contributed by atoms with van der Waals surface area (Å²) in [7, 11) is -3.49. The maximum atomic E-state index is 12.1. The molecule has 0 bridgehead atoms. The average Bonchev–Trinajstić information content (AvgIpc) is 2.42. The molecule has 0 radical (unpaired) electrons. The van der Waals surface area contributed by atoms with Gasteiger partial charge in [-0.1, -0.05) is 42.5 Å². The Balaban J connectivity index is 2.07. The van der Waals surface area contributed by atoms with Crippen LogP contribution in [-0.4, -0.2) is 21.1 Å². The topological polar surface area (TPSA) is 49.4 Å². The molecular weight excluding hydrogens is 319 g/mol. The molecule has 0 spiro atoms. The SMILES string of the molecule is O=S1(=O)NCN(C2CCCCC2)c2cc(Cl)c(Cl)cc21. The van der Waals surface area contributed by atoms with Crippen molar-refractivity contribution in [2.24, 2.45) is 0 Å². The van der Waals surface area contributed by atoms with Gasteiger partial charge in [-0.25, -0.2) is 8.42 Å². The molecule has 1 N–H and O–H groups in total. The summed E-state index contributed by atoms with van der Waals surface area (Å²) in [5.74, 6) is 0. The molecule has 3 rings (SSSR count). The third-order valence-corrected chi connectivity index (χ3v) is 6.18. The highest BCUT2D eigenvalue weighted by Gasteiger charge is 2.33. The molecule has 0 aromatic heterocycles. The number of nitrogens with one attached hydrogen (secondary N) is 1. The van der Waals surface area contributed by atoms with Gasteiger partial charge in [-0.3, -0.25) is 0 Å². The summed E-state index contributed by atoms with van der Waals surface area (Å²) in [5, 5.41) is 0.657. The van der Waals surface area contributed by atoms with Crippen molar-refractivity contribution in [3.8, 4) is 0 Å². The normalized spacial score (nSPS) is 22.6. The summed E-state index contributed by atoms with van der Waals surface area (Å²) in [5.41, 5.74) is 0.671. The zero-order chi connectivity index (χ0) is 14.3. The van der Waals surface area contributed by atoms with Crippen molar-refractivity contribution < 1.29 is 8.42 Å². The molecule has 1 saturated carbocycles. The quantitative estimate of drug-likeness (QED) is 0.856. The Morgan fingerprint density at radius 3 is 2.45 bits per heavy atom. The summed E-state index contributed by atoms with van der Waals surface area (Å²) in [6, 6.07) is 3.48. The number of benzene rings is 1. The van der Waals surface area contributed by atoms with E-state index in [1.165, 1.54) is 25.3 Å². The Morgan fingerprint density at radius 1 is 1.10 bits per heavy atom. The van der Waals surface area contributed by atoms with Gasteiger partial charge in [0.05, 0.1) is 22.4 Å². The molecular formula is C13H16Cl2N2O2S. The third kappa shape index (κ3) is 2.52. The Kier molecular flexibility index (Phi) is 3.88. The Bertz CT molecular complexity index is 628. The molecule has 0 atom stereocenters. The van der Waals surface area contributed by atoms with Gasteiger partial charge in [0.25, 0.3) is 0 Å². The van der Waals surface area contributed by atoms with Crippen molar-refractivity contribution in [1.82, 2.24) is 4.72 Å². The van der Waals surface area contributed by atoms with Crippen molar-refractivity contribution in [1.29, 1.82) is 0 Å². The molecule has 1 aliphatic heterocycles. The summed E-state index contributed by atoms with van der Waals surface area (Å²) in [6.45, 7) is 0.304. The van der Waals surface area contributed by atoms with Gasteiger partial charge in [0, 0.05) is 6.04 Å². The molecule has 1 aromatic carbocycles. The molecule has 2 aliphatic rings. The van der Waals surface area contributed by atoms with Crippen LogP contribution in [0.3, 0.4) is 0 Å². The Morgan fingerprint density at radius 2 is 1.75 bits per heavy atom. The minimum Gasteiger partial charge on any atom is -0.354 e. The van der Waals surface area contributed by atoms with Crippen LogP contribution < -0.4 is 9.62 Å². The van der Waals surface area contributed by atoms with Crippen LogP contribution >= 0.6 is 23.2 Å². The van der Waals surface area contributed by atoms with Crippen molar-refractivity contribution in [3.05, 3.63) is 22.2 Å². The van der Waals surface area contributed by atoms with Crippen LogP contribution in [0.2, 0.25) is 10.0 Å². The molecule has 1 heterocycles. The molecule has 0 amide bonds. The molecule has 110 valence electrons. The summed E-state index contributed by atoms with van der Waals surface area (Å²) >= 11 is 12.0. The van der Waals surface area contributed by atoms with E-state index in [2.05, 4.69) is 9.62 Å². The first kappa shape index (κ1) is 14.4. The number of rotatable bonds is 1. The van der Waals surface area contributed by atoms with E-state index in [9.17, 15) is 8.42 Å². The lowest BCUT2D eigenvalue weighted by atomic mass is 9.94. The smallest absolute Gasteiger partial charge is 0.244 e. The lowest BCUT2D eigenvalue weighted by Gasteiger charge is -2.39. The maximum Gasteiger partial charge on any atom is 0.244 e. The van der Waals surface area contributed by atoms with Crippen LogP contribution in [0.15, 0.2) is 17.0 Å². The number of fused-ring (bicyclic) bond motifs is 1. The lowest BCUT2D eigenvalue weighted by molar-refractivity contribution is 0.408. The van der Waals surface area contributed by atoms with E-state index in [4.69, 9.17) is 23.2 Å². The molecule has 1 aliphatic carbocycles. The Labute approximate surface area is 129 Å². The minimum absolute atomic E-state index is 0.226. The third-order valence-electron chi connectivity index (χ3n) is 4.04. The molecule has 1 fully saturated rings. The van der Waals surface area contributed by atoms with Gasteiger partial charge in [0.2, 0.25) is 10.0 Å². The lowest BCUT2D eigenvalue weighted by Crippen LogP contribution is -2.48. The number of nitrogens with zero attached hydrogens (tertiary/aromatic N) is 1. The van der Waals surface area contributed by atoms with Gasteiger partial charge in [0.1, 0.15) is 4.90 Å². The number of hydrogen-bond acceptors (Lipinski definition) is 3. The fourth-order valence-electron chi connectivity index (χ4n) is 2.99. The first-order valence-electron chi connectivity index (χ1n) is 6.74. The van der Waals surface area contributed by atoms with Crippen LogP contribution in [0.25, 0.3) is 0 Å². The standard InChI is InChI=1S/C13H16Cl2N2O2S/c14-10-6-12-13(7-11(10)15)20(18,19)16-8-17(12)9-4-2-1-3-5-9/h6-7,9,16H,1-5,8H2. The van der Waals surface area contributed by atoms with Gasteiger partial charge < -0.3 is 4.90 Å². The van der Waals surface area contributed by atoms with Crippen LogP contribution in [0.1, 0.15) is 32.1 Å². The number of sulfonamides is 1. The maximum absolute atomic E-state index is 12.1. The number of anilines is 1. The van der Waals surface area contributed by atoms with E-state index >= 15 is 0 Å². The largest absolute Gasteiger partial charge is 0.354 e. The number of hydrogen-bond donors (Lipinski definition) is 1. The van der Waals surface area contributed by atoms with Gasteiger partial charge >= 0.3 is 0 Å². The highest BCUT2D eigenvalue weighted by atomic mass is 35.5. The van der Waals surface area contributed by atoms with Crippen molar-refractivity contribution in [3.63, 3.8) is 0 Å². The van der Waals surface area contributed by atoms with Gasteiger partial charge in [-0.15, -0.1) is 0 Å². The van der Waals surface area contributed by atoms with E-state index in [0.29, 0.717) is 23.4 Å². The first-order chi connectivity index (χ1) is 9.49. The molecule has 20 heavy (non-hydrogen) atoms. The van der Waals surface area contributed by atoms with E-state index in [0.717, 1.165) is 12.8 Å². The monoisotopic (exact) mass is 334 g/mol. The van der Waals surface area contributed by atoms with Crippen LogP contribution in [0, 0.1) is 0 Å². The summed E-state index contributed by atoms with van der Waals surface area (Å²) < 4.78 is 26.9. The van der Waals surface area contributed by atoms with Crippen LogP contribution in [-0.2, 0) is 10.0 Å². The second kappa shape index (κ2) is 5.37. The van der Waals surface area contributed by atoms with Crippen molar-refractivity contribution >= 4 is 38.9 Å². The Hall–Kier alpha value is -0.490. The van der Waals surface area contributed by atoms with E-state index in [1.54, 1.807) is 6.07 Å². The summed E-state index contributed by atoms with van der Waals surface area (Å²) in [4.78, 5) is 2.33. The van der Waals surface area contributed by atoms with E-state index < -0.39 is 10.0 Å². The van der Waals surface area contributed by atoms with Crippen LogP contribution in [0.5, 0.6) is 0 Å². The first-order valence-corrected chi connectivity index (χ1v) is 8.98. The fourth-order valence-corrected chi connectivity index (χ4v) is 4.57. The average molecular weight is 335 g/mol. The molecule has 1 aromatic rings. The van der Waals surface area contributed by atoms with Gasteiger partial charge in [-0.05, 0) is 25.0 Å². The molecule has 0 unspecified atom stereocenters. The minimum atomic E-state index is -3.49. The van der Waals surface area contributed by atoms with Crippen LogP contribution in [0.4, 0.5) is 5.69 Å². The van der Waals surface area contributed by atoms with Gasteiger partial charge in [0.15, 0.2) is 0 Å². The number of halogens is 2. The predicted molar refractivity (Wildman–Crippen MR) is 81.0 cm³/mol. The van der Waals surface area contributed by atoms with E-state index in [-0.39, 0.29) is 9.92 Å². The molecule has 0 saturated heterocycles. The molecule has 7 heteroatoms. The highest BCUT2D eigenvalue weighted by Crippen LogP contribution is 2.38. The van der Waals surface area contributed by atoms with E-state index in [1.807, 2.05) is 0 Å². The van der Waals surface area contributed by atoms with Gasteiger partial charge in [-0.2, -0.15) is 4.72 Å². The second-order valence-corrected chi connectivity index (χ2v) is 7.85.